The highest BCUT2D eigenvalue weighted by Gasteiger charge is 2.07. The lowest BCUT2D eigenvalue weighted by Crippen LogP contribution is -2.18. The molecule has 0 aliphatic heterocycles. The van der Waals surface area contributed by atoms with E-state index in [1.807, 2.05) is 0 Å². The lowest BCUT2D eigenvalue weighted by molar-refractivity contribution is 0.369. The van der Waals surface area contributed by atoms with Gasteiger partial charge < -0.3 is 5.73 Å². The van der Waals surface area contributed by atoms with E-state index in [1.165, 1.54) is 12.8 Å². The third-order valence-corrected chi connectivity index (χ3v) is 2.09. The maximum Gasteiger partial charge on any atom is -0.00490 e. The molecule has 0 aromatic heterocycles. The van der Waals surface area contributed by atoms with E-state index in [4.69, 9.17) is 5.73 Å². The Labute approximate surface area is 58.6 Å². The zero-order valence-electron chi connectivity index (χ0n) is 6.85. The summed E-state index contributed by atoms with van der Waals surface area (Å²) in [4.78, 5) is 0. The third-order valence-electron chi connectivity index (χ3n) is 2.09. The van der Waals surface area contributed by atoms with Gasteiger partial charge in [-0.15, -0.1) is 0 Å². The first-order valence-corrected chi connectivity index (χ1v) is 3.92. The van der Waals surface area contributed by atoms with E-state index in [0.29, 0.717) is 5.92 Å². The normalized spacial score (nSPS) is 17.3. The smallest absolute Gasteiger partial charge is 0.00490 e. The van der Waals surface area contributed by atoms with E-state index in [9.17, 15) is 0 Å². The van der Waals surface area contributed by atoms with Crippen molar-refractivity contribution in [2.45, 2.75) is 33.6 Å². The number of hydrogen-bond donors (Lipinski definition) is 1. The second kappa shape index (κ2) is 4.80. The van der Waals surface area contributed by atoms with Crippen molar-refractivity contribution < 1.29 is 0 Å². The Bertz CT molecular complexity index is 61.6. The van der Waals surface area contributed by atoms with Crippen LogP contribution in [0.5, 0.6) is 0 Å². The van der Waals surface area contributed by atoms with Crippen molar-refractivity contribution in [3.63, 3.8) is 0 Å². The van der Waals surface area contributed by atoms with Crippen LogP contribution in [0.3, 0.4) is 0 Å². The van der Waals surface area contributed by atoms with Crippen LogP contribution >= 0.6 is 0 Å². The first-order chi connectivity index (χ1) is 4.22. The zero-order chi connectivity index (χ0) is 7.28. The predicted molar refractivity (Wildman–Crippen MR) is 42.3 cm³/mol. The molecule has 0 saturated carbocycles. The molecule has 9 heavy (non-hydrogen) atoms. The molecular formula is C8H19N. The van der Waals surface area contributed by atoms with Crippen molar-refractivity contribution in [3.05, 3.63) is 0 Å². The lowest BCUT2D eigenvalue weighted by Gasteiger charge is -2.16. The quantitative estimate of drug-likeness (QED) is 0.617. The average molecular weight is 129 g/mol. The van der Waals surface area contributed by atoms with Gasteiger partial charge in [-0.2, -0.15) is 0 Å². The summed E-state index contributed by atoms with van der Waals surface area (Å²) in [6.07, 6.45) is 2.60. The summed E-state index contributed by atoms with van der Waals surface area (Å²) in [6, 6.07) is 0. The summed E-state index contributed by atoms with van der Waals surface area (Å²) in [5.74, 6) is 1.50. The number of nitrogens with two attached hydrogens (primary N) is 1. The summed E-state index contributed by atoms with van der Waals surface area (Å²) in [6.45, 7) is 7.56. The topological polar surface area (TPSA) is 26.0 Å². The molecule has 0 fully saturated rings. The van der Waals surface area contributed by atoms with Crippen LogP contribution in [0.15, 0.2) is 0 Å². The van der Waals surface area contributed by atoms with Crippen LogP contribution in [-0.2, 0) is 0 Å². The molecule has 1 heteroatoms. The molecule has 0 rings (SSSR count). The molecule has 2 N–H and O–H groups in total. The summed E-state index contributed by atoms with van der Waals surface area (Å²) in [5.41, 5.74) is 5.50. The Kier molecular flexibility index (Phi) is 4.78. The lowest BCUT2D eigenvalue weighted by atomic mass is 9.92. The van der Waals surface area contributed by atoms with Crippen LogP contribution in [0.2, 0.25) is 0 Å². The highest BCUT2D eigenvalue weighted by atomic mass is 14.5. The highest BCUT2D eigenvalue weighted by Crippen LogP contribution is 2.14. The highest BCUT2D eigenvalue weighted by molar-refractivity contribution is 4.60. The third kappa shape index (κ3) is 3.52. The fourth-order valence-corrected chi connectivity index (χ4v) is 0.972. The van der Waals surface area contributed by atoms with Crippen LogP contribution < -0.4 is 5.73 Å². The molecule has 0 heterocycles. The van der Waals surface area contributed by atoms with E-state index in [1.54, 1.807) is 0 Å². The Morgan fingerprint density at radius 3 is 2.11 bits per heavy atom. The second-order valence-corrected chi connectivity index (χ2v) is 2.98. The van der Waals surface area contributed by atoms with Crippen LogP contribution in [0, 0.1) is 11.8 Å². The van der Waals surface area contributed by atoms with Crippen LogP contribution in [-0.4, -0.2) is 6.54 Å². The van der Waals surface area contributed by atoms with Gasteiger partial charge >= 0.3 is 0 Å². The summed E-state index contributed by atoms with van der Waals surface area (Å²) in [7, 11) is 0. The van der Waals surface area contributed by atoms with Crippen molar-refractivity contribution in [2.24, 2.45) is 17.6 Å². The molecule has 1 unspecified atom stereocenters. The van der Waals surface area contributed by atoms with Gasteiger partial charge in [-0.05, 0) is 18.4 Å². The minimum absolute atomic E-state index is 0.699. The zero-order valence-corrected chi connectivity index (χ0v) is 6.85. The molecule has 0 aromatic carbocycles. The molecule has 0 radical (unpaired) electrons. The van der Waals surface area contributed by atoms with Crippen molar-refractivity contribution in [2.75, 3.05) is 6.54 Å². The Morgan fingerprint density at radius 2 is 1.78 bits per heavy atom. The molecule has 0 amide bonds. The summed E-state index contributed by atoms with van der Waals surface area (Å²) < 4.78 is 0. The molecule has 0 aromatic rings. The SMILES string of the molecule is CCC[C@H](C)C(C)CN. The van der Waals surface area contributed by atoms with Crippen molar-refractivity contribution in [1.29, 1.82) is 0 Å². The molecule has 0 bridgehead atoms. The minimum atomic E-state index is 0.699. The van der Waals surface area contributed by atoms with E-state index < -0.39 is 0 Å². The summed E-state index contributed by atoms with van der Waals surface area (Å²) >= 11 is 0. The van der Waals surface area contributed by atoms with Crippen LogP contribution in [0.25, 0.3) is 0 Å². The maximum absolute atomic E-state index is 5.50. The Hall–Kier alpha value is -0.0400. The van der Waals surface area contributed by atoms with E-state index in [-0.39, 0.29) is 0 Å². The molecule has 1 nitrogen and oxygen atoms in total. The predicted octanol–water partition coefficient (Wildman–Crippen LogP) is 2.02. The monoisotopic (exact) mass is 129 g/mol. The fourth-order valence-electron chi connectivity index (χ4n) is 0.972. The maximum atomic E-state index is 5.50. The van der Waals surface area contributed by atoms with Gasteiger partial charge in [-0.25, -0.2) is 0 Å². The number of rotatable bonds is 4. The first-order valence-electron chi connectivity index (χ1n) is 3.92. The van der Waals surface area contributed by atoms with Gasteiger partial charge in [0.1, 0.15) is 0 Å². The van der Waals surface area contributed by atoms with Crippen LogP contribution in [0.4, 0.5) is 0 Å². The largest absolute Gasteiger partial charge is 0.330 e. The van der Waals surface area contributed by atoms with Gasteiger partial charge in [0.05, 0.1) is 0 Å². The summed E-state index contributed by atoms with van der Waals surface area (Å²) in [5, 5.41) is 0. The van der Waals surface area contributed by atoms with Crippen molar-refractivity contribution in [3.8, 4) is 0 Å². The van der Waals surface area contributed by atoms with Gasteiger partial charge in [0.2, 0.25) is 0 Å². The van der Waals surface area contributed by atoms with E-state index in [2.05, 4.69) is 20.8 Å². The Balaban J connectivity index is 3.32. The standard InChI is InChI=1S/C8H19N/c1-4-5-7(2)8(3)6-9/h7-8H,4-6,9H2,1-3H3/t7-,8?/m0/s1. The van der Waals surface area contributed by atoms with Crippen LogP contribution in [0.1, 0.15) is 33.6 Å². The Morgan fingerprint density at radius 1 is 1.22 bits per heavy atom. The minimum Gasteiger partial charge on any atom is -0.330 e. The molecule has 0 spiro atoms. The van der Waals surface area contributed by atoms with E-state index in [0.717, 1.165) is 12.5 Å². The second-order valence-electron chi connectivity index (χ2n) is 2.98. The fraction of sp³-hybridized carbons (Fsp3) is 1.00. The van der Waals surface area contributed by atoms with Crippen molar-refractivity contribution in [1.82, 2.24) is 0 Å². The van der Waals surface area contributed by atoms with Gasteiger partial charge in [-0.3, -0.25) is 0 Å². The van der Waals surface area contributed by atoms with E-state index >= 15 is 0 Å². The molecule has 2 atom stereocenters. The van der Waals surface area contributed by atoms with Gasteiger partial charge in [-0.1, -0.05) is 33.6 Å². The molecule has 0 saturated heterocycles. The molecule has 0 aliphatic carbocycles. The number of hydrogen-bond acceptors (Lipinski definition) is 1. The first kappa shape index (κ1) is 8.96. The molecule has 56 valence electrons. The van der Waals surface area contributed by atoms with Gasteiger partial charge in [0.25, 0.3) is 0 Å². The van der Waals surface area contributed by atoms with Gasteiger partial charge in [0.15, 0.2) is 0 Å². The molecular weight excluding hydrogens is 110 g/mol. The molecule has 0 aliphatic rings. The van der Waals surface area contributed by atoms with Gasteiger partial charge in [0, 0.05) is 0 Å². The average Bonchev–Trinajstić information content (AvgIpc) is 1.87. The van der Waals surface area contributed by atoms with Crippen molar-refractivity contribution >= 4 is 0 Å².